The number of likely N-dealkylation sites (N-methyl/N-ethyl adjacent to an activating group) is 1. The molecule has 0 saturated heterocycles. The first-order valence-electron chi connectivity index (χ1n) is 18.6. The highest BCUT2D eigenvalue weighted by Gasteiger charge is 2.26. The van der Waals surface area contributed by atoms with Crippen LogP contribution in [0, 0.1) is 20.8 Å². The number of urea groups is 1. The van der Waals surface area contributed by atoms with Crippen molar-refractivity contribution < 1.29 is 33.8 Å². The third-order valence-electron chi connectivity index (χ3n) is 8.85. The maximum absolute atomic E-state index is 13.1. The number of carbonyl (C=O) groups is 5. The van der Waals surface area contributed by atoms with Crippen LogP contribution in [0.5, 0.6) is 5.75 Å². The van der Waals surface area contributed by atoms with E-state index in [-0.39, 0.29) is 24.5 Å². The number of carboxylic acids is 1. The second-order valence-corrected chi connectivity index (χ2v) is 14.3. The topological polar surface area (TPSA) is 154 Å². The smallest absolute Gasteiger partial charge is 0.413 e. The summed E-state index contributed by atoms with van der Waals surface area (Å²) in [7, 11) is 1.67. The van der Waals surface area contributed by atoms with E-state index in [1.807, 2.05) is 94.4 Å². The number of amides is 4. The quantitative estimate of drug-likeness (QED) is 0.0886. The second kappa shape index (κ2) is 22.6. The summed E-state index contributed by atoms with van der Waals surface area (Å²) in [6.45, 7) is 9.71. The first-order chi connectivity index (χ1) is 26.6. The van der Waals surface area contributed by atoms with Gasteiger partial charge < -0.3 is 30.7 Å². The molecule has 4 rings (SSSR count). The fraction of sp³-hybridized carbons (Fsp3) is 0.341. The van der Waals surface area contributed by atoms with Gasteiger partial charge in [-0.1, -0.05) is 127 Å². The van der Waals surface area contributed by atoms with Crippen LogP contribution in [-0.2, 0) is 20.9 Å². The Morgan fingerprint density at radius 1 is 0.732 bits per heavy atom. The second-order valence-electron chi connectivity index (χ2n) is 13.9. The number of unbranched alkanes of at least 4 members (excludes halogenated alkanes) is 1. The summed E-state index contributed by atoms with van der Waals surface area (Å²) < 4.78 is 5.27. The molecule has 0 unspecified atom stereocenters. The summed E-state index contributed by atoms with van der Waals surface area (Å²) in [5.74, 6) is -0.785. The van der Waals surface area contributed by atoms with E-state index in [0.29, 0.717) is 29.3 Å². The predicted octanol–water partition coefficient (Wildman–Crippen LogP) is 8.79. The van der Waals surface area contributed by atoms with Crippen LogP contribution in [0.2, 0.25) is 5.02 Å². The zero-order chi connectivity index (χ0) is 41.2. The van der Waals surface area contributed by atoms with E-state index in [1.54, 1.807) is 37.4 Å². The number of rotatable bonds is 16. The Hall–Kier alpha value is -5.68. The number of nitrogens with one attached hydrogen (secondary N) is 3. The Morgan fingerprint density at radius 3 is 1.75 bits per heavy atom. The molecule has 56 heavy (non-hydrogen) atoms. The van der Waals surface area contributed by atoms with Gasteiger partial charge >= 0.3 is 18.1 Å². The minimum atomic E-state index is -1.03. The van der Waals surface area contributed by atoms with Crippen LogP contribution >= 0.6 is 11.6 Å². The average molecular weight is 785 g/mol. The van der Waals surface area contributed by atoms with Gasteiger partial charge in [0.25, 0.3) is 0 Å². The normalized spacial score (nSPS) is 12.1. The van der Waals surface area contributed by atoms with Crippen LogP contribution in [-0.4, -0.2) is 52.9 Å². The molecule has 3 atom stereocenters. The van der Waals surface area contributed by atoms with Gasteiger partial charge in [0, 0.05) is 25.0 Å². The Balaban J connectivity index is 0.000000320. The first kappa shape index (κ1) is 44.7. The van der Waals surface area contributed by atoms with Crippen LogP contribution in [0.1, 0.15) is 91.4 Å². The van der Waals surface area contributed by atoms with Crippen LogP contribution in [0.4, 0.5) is 9.59 Å². The van der Waals surface area contributed by atoms with E-state index in [9.17, 15) is 29.1 Å². The van der Waals surface area contributed by atoms with Crippen LogP contribution in [0.3, 0.4) is 0 Å². The lowest BCUT2D eigenvalue weighted by atomic mass is 10.0. The van der Waals surface area contributed by atoms with Gasteiger partial charge in [0.15, 0.2) is 0 Å². The average Bonchev–Trinajstić information content (AvgIpc) is 3.15. The Bertz CT molecular complexity index is 1900. The molecule has 0 bridgehead atoms. The molecule has 0 spiro atoms. The minimum Gasteiger partial charge on any atom is -0.481 e. The number of ether oxygens (including phenoxy) is 1. The molecular weight excluding hydrogens is 732 g/mol. The van der Waals surface area contributed by atoms with E-state index in [4.69, 9.17) is 16.3 Å². The van der Waals surface area contributed by atoms with Crippen molar-refractivity contribution in [2.24, 2.45) is 0 Å². The van der Waals surface area contributed by atoms with Crippen LogP contribution in [0.25, 0.3) is 0 Å². The van der Waals surface area contributed by atoms with Crippen molar-refractivity contribution in [3.8, 4) is 5.75 Å². The molecule has 11 nitrogen and oxygen atoms in total. The predicted molar refractivity (Wildman–Crippen MR) is 219 cm³/mol. The van der Waals surface area contributed by atoms with Gasteiger partial charge in [0.1, 0.15) is 17.6 Å². The summed E-state index contributed by atoms with van der Waals surface area (Å²) in [5, 5.41) is 18.1. The molecule has 4 N–H and O–H groups in total. The maximum Gasteiger partial charge on any atom is 0.413 e. The summed E-state index contributed by atoms with van der Waals surface area (Å²) in [6.07, 6.45) is 1.49. The maximum atomic E-state index is 13.1. The molecule has 4 aromatic rings. The largest absolute Gasteiger partial charge is 0.481 e. The van der Waals surface area contributed by atoms with Gasteiger partial charge in [0.05, 0.1) is 18.5 Å². The lowest BCUT2D eigenvalue weighted by Gasteiger charge is -2.26. The molecule has 0 heterocycles. The van der Waals surface area contributed by atoms with Crippen molar-refractivity contribution in [1.82, 2.24) is 20.9 Å². The van der Waals surface area contributed by atoms with Crippen molar-refractivity contribution in [3.05, 3.63) is 135 Å². The summed E-state index contributed by atoms with van der Waals surface area (Å²) in [5.41, 5.74) is 5.63. The third-order valence-corrected chi connectivity index (χ3v) is 9.22. The van der Waals surface area contributed by atoms with E-state index in [0.717, 1.165) is 40.7 Å². The number of carbonyl (C=O) groups excluding carboxylic acids is 4. The third kappa shape index (κ3) is 15.6. The number of carboxylic acid groups (broad SMARTS) is 1. The van der Waals surface area contributed by atoms with Crippen LogP contribution in [0.15, 0.2) is 97.1 Å². The molecule has 0 aliphatic carbocycles. The number of halogens is 1. The Kier molecular flexibility index (Phi) is 18.1. The summed E-state index contributed by atoms with van der Waals surface area (Å²) in [6, 6.07) is 27.1. The van der Waals surface area contributed by atoms with E-state index >= 15 is 0 Å². The molecule has 0 saturated carbocycles. The summed E-state index contributed by atoms with van der Waals surface area (Å²) in [4.78, 5) is 62.4. The van der Waals surface area contributed by atoms with E-state index in [2.05, 4.69) is 16.0 Å². The van der Waals surface area contributed by atoms with E-state index in [1.165, 1.54) is 11.8 Å². The highest BCUT2D eigenvalue weighted by molar-refractivity contribution is 6.31. The number of hydrogen-bond donors (Lipinski definition) is 4. The zero-order valence-electron chi connectivity index (χ0n) is 32.9. The van der Waals surface area contributed by atoms with Crippen LogP contribution < -0.4 is 20.7 Å². The molecule has 0 radical (unpaired) electrons. The highest BCUT2D eigenvalue weighted by atomic mass is 35.5. The van der Waals surface area contributed by atoms with Crippen molar-refractivity contribution >= 4 is 41.4 Å². The van der Waals surface area contributed by atoms with Gasteiger partial charge in [-0.25, -0.2) is 9.59 Å². The van der Waals surface area contributed by atoms with Gasteiger partial charge in [-0.05, 0) is 69.0 Å². The summed E-state index contributed by atoms with van der Waals surface area (Å²) >= 11 is 6.22. The lowest BCUT2D eigenvalue weighted by Crippen LogP contribution is -2.51. The standard InChI is InChI=1S/C25H32ClN3O4.C19H21NO3/c1-4-5-10-21(24(32)29(3)16-19-8-6-7-9-20(19)26)27-25(33)28-22(15-23(30)31)18-13-11-17(2)12-14-18;1-13-4-8-16(9-5-13)18(12-15(3)21)20-19(22)23-17-10-6-14(2)7-11-17/h6-9,11-14,21-22H,4-5,10,15-16H2,1-3H3,(H,30,31)(H2,27,28,33);4-11,18H,12H2,1-3H3,(H,20,22)/t21-,22-;18-/m00/s1. The van der Waals surface area contributed by atoms with Crippen molar-refractivity contribution in [2.75, 3.05) is 7.05 Å². The van der Waals surface area contributed by atoms with Gasteiger partial charge in [0.2, 0.25) is 5.91 Å². The van der Waals surface area contributed by atoms with Crippen molar-refractivity contribution in [3.63, 3.8) is 0 Å². The Morgan fingerprint density at radius 2 is 1.25 bits per heavy atom. The molecule has 298 valence electrons. The van der Waals surface area contributed by atoms with Gasteiger partial charge in [-0.15, -0.1) is 0 Å². The molecule has 0 aliphatic heterocycles. The van der Waals surface area contributed by atoms with Crippen molar-refractivity contribution in [2.45, 2.75) is 91.4 Å². The zero-order valence-corrected chi connectivity index (χ0v) is 33.7. The lowest BCUT2D eigenvalue weighted by molar-refractivity contribution is -0.137. The SMILES string of the molecule is CC(=O)C[C@H](NC(=O)Oc1ccc(C)cc1)c1ccc(C)cc1.CCCC[C@H](NC(=O)N[C@@H](CC(=O)O)c1ccc(C)cc1)C(=O)N(C)Cc1ccccc1Cl. The molecule has 12 heteroatoms. The monoisotopic (exact) mass is 784 g/mol. The fourth-order valence-electron chi connectivity index (χ4n) is 5.70. The highest BCUT2D eigenvalue weighted by Crippen LogP contribution is 2.21. The number of nitrogens with zero attached hydrogens (tertiary/aromatic N) is 1. The first-order valence-corrected chi connectivity index (χ1v) is 19.0. The molecule has 0 aliphatic rings. The van der Waals surface area contributed by atoms with Gasteiger partial charge in [-0.3, -0.25) is 14.4 Å². The van der Waals surface area contributed by atoms with Gasteiger partial charge in [-0.2, -0.15) is 0 Å². The van der Waals surface area contributed by atoms with E-state index < -0.39 is 36.2 Å². The molecule has 4 amide bonds. The van der Waals surface area contributed by atoms with Crippen molar-refractivity contribution in [1.29, 1.82) is 0 Å². The number of benzene rings is 4. The molecular formula is C44H53ClN4O7. The number of hydrogen-bond acceptors (Lipinski definition) is 6. The molecule has 0 aromatic heterocycles. The fourth-order valence-corrected chi connectivity index (χ4v) is 5.89. The number of aryl methyl sites for hydroxylation is 3. The number of Topliss-reactive ketones (excluding diaryl/α,β-unsaturated/α-hetero) is 1. The number of aliphatic carboxylic acids is 1. The molecule has 4 aromatic carbocycles. The number of ketones is 1. The molecule has 0 fully saturated rings. The Labute approximate surface area is 334 Å². The minimum absolute atomic E-state index is 0.00575.